The largest absolute Gasteiger partial charge is 0.448 e. The third-order valence-electron chi connectivity index (χ3n) is 4.16. The molecule has 0 spiro atoms. The predicted octanol–water partition coefficient (Wildman–Crippen LogP) is 3.25. The lowest BCUT2D eigenvalue weighted by Gasteiger charge is -2.24. The van der Waals surface area contributed by atoms with Gasteiger partial charge in [-0.1, -0.05) is 35.9 Å². The van der Waals surface area contributed by atoms with Crippen molar-refractivity contribution in [2.24, 2.45) is 0 Å². The molecule has 4 rings (SSSR count). The summed E-state index contributed by atoms with van der Waals surface area (Å²) in [5.74, 6) is -0.908. The van der Waals surface area contributed by atoms with Gasteiger partial charge in [0.15, 0.2) is 6.10 Å². The van der Waals surface area contributed by atoms with Gasteiger partial charge in [-0.2, -0.15) is 5.10 Å². The molecule has 1 aliphatic rings. The van der Waals surface area contributed by atoms with Gasteiger partial charge in [0, 0.05) is 18.8 Å². The molecule has 0 saturated heterocycles. The monoisotopic (exact) mass is 367 g/mol. The summed E-state index contributed by atoms with van der Waals surface area (Å²) in [6.45, 7) is 0. The zero-order valence-corrected chi connectivity index (χ0v) is 14.3. The van der Waals surface area contributed by atoms with Crippen molar-refractivity contribution in [3.05, 3.63) is 77.1 Å². The second-order valence-corrected chi connectivity index (χ2v) is 6.24. The van der Waals surface area contributed by atoms with E-state index in [1.54, 1.807) is 53.5 Å². The maximum Gasteiger partial charge on any atom is 0.339 e. The molecular formula is C19H14ClN3O3. The highest BCUT2D eigenvalue weighted by atomic mass is 35.5. The highest BCUT2D eigenvalue weighted by Crippen LogP contribution is 2.29. The number of rotatable bonds is 3. The van der Waals surface area contributed by atoms with Gasteiger partial charge in [-0.05, 0) is 29.8 Å². The van der Waals surface area contributed by atoms with Crippen LogP contribution in [0.25, 0.3) is 5.69 Å². The first-order chi connectivity index (χ1) is 12.6. The van der Waals surface area contributed by atoms with Crippen molar-refractivity contribution in [3.63, 3.8) is 0 Å². The fraction of sp³-hybridized carbons (Fsp3) is 0.105. The normalized spacial score (nSPS) is 15.9. The molecule has 0 fully saturated rings. The number of hydrogen-bond donors (Lipinski definition) is 1. The van der Waals surface area contributed by atoms with Gasteiger partial charge in [-0.15, -0.1) is 0 Å². The lowest BCUT2D eigenvalue weighted by atomic mass is 9.98. The van der Waals surface area contributed by atoms with E-state index in [2.05, 4.69) is 10.4 Å². The maximum absolute atomic E-state index is 12.7. The van der Waals surface area contributed by atoms with E-state index in [4.69, 9.17) is 16.3 Å². The number of aromatic nitrogens is 2. The summed E-state index contributed by atoms with van der Waals surface area (Å²) in [4.78, 5) is 24.8. The topological polar surface area (TPSA) is 73.2 Å². The standard InChI is InChI=1S/C19H14ClN3O3/c20-14-7-3-8-15(17(14)23-10-4-9-21-23)22-18(24)16-11-12-5-1-2-6-13(12)19(25)26-16/h1-10,16H,11H2,(H,22,24)/t16-/m1/s1. The van der Waals surface area contributed by atoms with Crippen molar-refractivity contribution < 1.29 is 14.3 Å². The van der Waals surface area contributed by atoms with Crippen molar-refractivity contribution in [2.45, 2.75) is 12.5 Å². The number of carbonyl (C=O) groups is 2. The van der Waals surface area contributed by atoms with E-state index < -0.39 is 18.0 Å². The van der Waals surface area contributed by atoms with E-state index in [-0.39, 0.29) is 0 Å². The fourth-order valence-electron chi connectivity index (χ4n) is 2.94. The van der Waals surface area contributed by atoms with E-state index in [1.807, 2.05) is 12.1 Å². The number of hydrogen-bond acceptors (Lipinski definition) is 4. The van der Waals surface area contributed by atoms with Crippen molar-refractivity contribution in [1.29, 1.82) is 0 Å². The van der Waals surface area contributed by atoms with Crippen LogP contribution in [0, 0.1) is 0 Å². The Labute approximate surface area is 154 Å². The number of nitrogens with zero attached hydrogens (tertiary/aromatic N) is 2. The number of benzene rings is 2. The van der Waals surface area contributed by atoms with Crippen LogP contribution in [0.1, 0.15) is 15.9 Å². The number of para-hydroxylation sites is 1. The van der Waals surface area contributed by atoms with Gasteiger partial charge in [0.2, 0.25) is 0 Å². The first kappa shape index (κ1) is 16.4. The summed E-state index contributed by atoms with van der Waals surface area (Å²) in [7, 11) is 0. The Morgan fingerprint density at radius 2 is 2.04 bits per heavy atom. The Kier molecular flexibility index (Phi) is 4.18. The Morgan fingerprint density at radius 3 is 2.85 bits per heavy atom. The molecule has 26 heavy (non-hydrogen) atoms. The van der Waals surface area contributed by atoms with E-state index in [9.17, 15) is 9.59 Å². The summed E-state index contributed by atoms with van der Waals surface area (Å²) in [5.41, 5.74) is 2.33. The Morgan fingerprint density at radius 1 is 1.19 bits per heavy atom. The summed E-state index contributed by atoms with van der Waals surface area (Å²) in [5, 5.41) is 7.41. The van der Waals surface area contributed by atoms with Gasteiger partial charge in [0.25, 0.3) is 5.91 Å². The SMILES string of the molecule is O=C1O[C@@H](C(=O)Nc2cccc(Cl)c2-n2cccn2)Cc2ccccc21. The van der Waals surface area contributed by atoms with E-state index in [0.717, 1.165) is 5.56 Å². The molecule has 6 nitrogen and oxygen atoms in total. The average Bonchev–Trinajstić information content (AvgIpc) is 3.16. The van der Waals surface area contributed by atoms with Gasteiger partial charge >= 0.3 is 5.97 Å². The molecule has 3 aromatic rings. The van der Waals surface area contributed by atoms with Crippen molar-refractivity contribution in [3.8, 4) is 5.69 Å². The molecule has 2 aromatic carbocycles. The second kappa shape index (κ2) is 6.65. The molecule has 0 radical (unpaired) electrons. The van der Waals surface area contributed by atoms with Crippen LogP contribution in [-0.4, -0.2) is 27.8 Å². The van der Waals surface area contributed by atoms with Gasteiger partial charge < -0.3 is 10.1 Å². The first-order valence-corrected chi connectivity index (χ1v) is 8.39. The minimum atomic E-state index is -0.901. The quantitative estimate of drug-likeness (QED) is 0.721. The number of cyclic esters (lactones) is 1. The van der Waals surface area contributed by atoms with Crippen molar-refractivity contribution >= 4 is 29.2 Å². The van der Waals surface area contributed by atoms with Crippen molar-refractivity contribution in [1.82, 2.24) is 9.78 Å². The summed E-state index contributed by atoms with van der Waals surface area (Å²) >= 11 is 6.28. The molecule has 0 aliphatic carbocycles. The molecule has 1 aromatic heterocycles. The van der Waals surface area contributed by atoms with Crippen LogP contribution in [0.4, 0.5) is 5.69 Å². The number of halogens is 1. The second-order valence-electron chi connectivity index (χ2n) is 5.83. The Balaban J connectivity index is 1.61. The van der Waals surface area contributed by atoms with Crippen LogP contribution >= 0.6 is 11.6 Å². The molecule has 2 heterocycles. The third kappa shape index (κ3) is 2.95. The number of ether oxygens (including phenoxy) is 1. The van der Waals surface area contributed by atoms with Crippen LogP contribution in [0.5, 0.6) is 0 Å². The van der Waals surface area contributed by atoms with Gasteiger partial charge in [0.05, 0.1) is 16.3 Å². The molecular weight excluding hydrogens is 354 g/mol. The average molecular weight is 368 g/mol. The number of anilines is 1. The number of carbonyl (C=O) groups excluding carboxylic acids is 2. The molecule has 7 heteroatoms. The zero-order chi connectivity index (χ0) is 18.1. The van der Waals surface area contributed by atoms with Crippen LogP contribution < -0.4 is 5.32 Å². The molecule has 1 atom stereocenters. The molecule has 0 unspecified atom stereocenters. The zero-order valence-electron chi connectivity index (χ0n) is 13.6. The van der Waals surface area contributed by atoms with Crippen LogP contribution in [0.2, 0.25) is 5.02 Å². The van der Waals surface area contributed by atoms with E-state index in [0.29, 0.717) is 28.4 Å². The molecule has 0 bridgehead atoms. The third-order valence-corrected chi connectivity index (χ3v) is 4.47. The highest BCUT2D eigenvalue weighted by molar-refractivity contribution is 6.33. The van der Waals surface area contributed by atoms with Crippen molar-refractivity contribution in [2.75, 3.05) is 5.32 Å². The van der Waals surface area contributed by atoms with Gasteiger partial charge in [0.1, 0.15) is 5.69 Å². The molecule has 0 saturated carbocycles. The number of amides is 1. The number of fused-ring (bicyclic) bond motifs is 1. The molecule has 1 N–H and O–H groups in total. The van der Waals surface area contributed by atoms with Gasteiger partial charge in [-0.25, -0.2) is 9.48 Å². The van der Waals surface area contributed by atoms with E-state index in [1.165, 1.54) is 0 Å². The summed E-state index contributed by atoms with van der Waals surface area (Å²) in [6.07, 6.45) is 2.77. The molecule has 1 aliphatic heterocycles. The minimum Gasteiger partial charge on any atom is -0.448 e. The Hall–Kier alpha value is -3.12. The smallest absolute Gasteiger partial charge is 0.339 e. The number of esters is 1. The van der Waals surface area contributed by atoms with Crippen LogP contribution in [0.3, 0.4) is 0 Å². The first-order valence-electron chi connectivity index (χ1n) is 8.02. The predicted molar refractivity (Wildman–Crippen MR) is 96.6 cm³/mol. The van der Waals surface area contributed by atoms with E-state index >= 15 is 0 Å². The summed E-state index contributed by atoms with van der Waals surface area (Å²) < 4.78 is 6.87. The lowest BCUT2D eigenvalue weighted by Crippen LogP contribution is -2.38. The van der Waals surface area contributed by atoms with Crippen LogP contribution in [-0.2, 0) is 16.0 Å². The van der Waals surface area contributed by atoms with Gasteiger partial charge in [-0.3, -0.25) is 4.79 Å². The highest BCUT2D eigenvalue weighted by Gasteiger charge is 2.31. The lowest BCUT2D eigenvalue weighted by molar-refractivity contribution is -0.125. The molecule has 1 amide bonds. The maximum atomic E-state index is 12.7. The fourth-order valence-corrected chi connectivity index (χ4v) is 3.20. The number of nitrogens with one attached hydrogen (secondary N) is 1. The molecule has 130 valence electrons. The Bertz CT molecular complexity index is 985. The minimum absolute atomic E-state index is 0.325. The van der Waals surface area contributed by atoms with Crippen LogP contribution in [0.15, 0.2) is 60.9 Å². The summed E-state index contributed by atoms with van der Waals surface area (Å²) in [6, 6.07) is 14.0.